The fraction of sp³-hybridized carbons (Fsp3) is 0.125. The minimum absolute atomic E-state index is 0.178. The zero-order valence-corrected chi connectivity index (χ0v) is 26.1. The van der Waals surface area contributed by atoms with Crippen molar-refractivity contribution in [1.29, 1.82) is 0 Å². The van der Waals surface area contributed by atoms with Crippen molar-refractivity contribution in [2.45, 2.75) is 20.0 Å². The molecule has 2 aromatic heterocycles. The molecule has 0 saturated carbocycles. The number of aromatic nitrogens is 4. The molecule has 0 fully saturated rings. The molecule has 224 valence electrons. The molecule has 0 saturated heterocycles. The Bertz CT molecular complexity index is 1980. The van der Waals surface area contributed by atoms with E-state index in [1.807, 2.05) is 78.3 Å². The van der Waals surface area contributed by atoms with E-state index in [9.17, 15) is 9.59 Å². The van der Waals surface area contributed by atoms with Crippen LogP contribution >= 0.6 is 34.8 Å². The summed E-state index contributed by atoms with van der Waals surface area (Å²) in [7, 11) is 1.61. The van der Waals surface area contributed by atoms with Gasteiger partial charge >= 0.3 is 0 Å². The molecule has 9 nitrogen and oxygen atoms in total. The van der Waals surface area contributed by atoms with E-state index in [1.54, 1.807) is 29.9 Å². The summed E-state index contributed by atoms with van der Waals surface area (Å²) in [6.45, 7) is 2.98. The first-order chi connectivity index (χ1) is 21.2. The molecule has 0 spiro atoms. The van der Waals surface area contributed by atoms with E-state index in [0.717, 1.165) is 38.1 Å². The summed E-state index contributed by atoms with van der Waals surface area (Å²) < 4.78 is 3.54. The van der Waals surface area contributed by atoms with Gasteiger partial charge in [0.15, 0.2) is 11.4 Å². The number of rotatable bonds is 6. The van der Waals surface area contributed by atoms with Gasteiger partial charge in [0.05, 0.1) is 24.1 Å². The van der Waals surface area contributed by atoms with Gasteiger partial charge in [-0.05, 0) is 54.4 Å². The number of hydrazine groups is 1. The van der Waals surface area contributed by atoms with Gasteiger partial charge in [-0.3, -0.25) is 24.4 Å². The summed E-state index contributed by atoms with van der Waals surface area (Å²) in [4.78, 5) is 23.9. The summed E-state index contributed by atoms with van der Waals surface area (Å²) >= 11 is 18.4. The smallest absolute Gasteiger partial charge is 0.286 e. The lowest BCUT2D eigenvalue weighted by atomic mass is 10.1. The fourth-order valence-corrected chi connectivity index (χ4v) is 5.59. The zero-order valence-electron chi connectivity index (χ0n) is 23.8. The van der Waals surface area contributed by atoms with Gasteiger partial charge in [0, 0.05) is 38.5 Å². The number of aryl methyl sites for hydroxylation is 1. The summed E-state index contributed by atoms with van der Waals surface area (Å²) in [5.41, 5.74) is 7.54. The summed E-state index contributed by atoms with van der Waals surface area (Å²) in [6, 6.07) is 26.3. The maximum absolute atomic E-state index is 12.0. The Morgan fingerprint density at radius 2 is 1.30 bits per heavy atom. The number of halogens is 3. The lowest BCUT2D eigenvalue weighted by Gasteiger charge is -2.08. The molecule has 0 bridgehead atoms. The zero-order chi connectivity index (χ0) is 31.4. The Hall–Kier alpha value is -4.41. The molecule has 4 aromatic carbocycles. The first kappa shape index (κ1) is 31.0. The van der Waals surface area contributed by atoms with E-state index in [0.29, 0.717) is 34.2 Å². The SMILES string of the molecule is CNC(=O)c1nn(Cc2ccc(Cl)cc2C)c2ccccc12.NNC(=O)c1nn(Cc2c(Cl)cccc2Cl)c2ccccc12. The number of hydrogen-bond acceptors (Lipinski definition) is 5. The van der Waals surface area contributed by atoms with Crippen molar-refractivity contribution < 1.29 is 9.59 Å². The number of carbonyl (C=O) groups excluding carboxylic acids is 2. The molecule has 4 N–H and O–H groups in total. The van der Waals surface area contributed by atoms with Crippen LogP contribution in [0.4, 0.5) is 0 Å². The van der Waals surface area contributed by atoms with Crippen molar-refractivity contribution >= 4 is 68.4 Å². The Balaban J connectivity index is 0.000000175. The van der Waals surface area contributed by atoms with Gasteiger partial charge in [-0.1, -0.05) is 83.3 Å². The number of carbonyl (C=O) groups is 2. The molecule has 44 heavy (non-hydrogen) atoms. The number of benzene rings is 4. The van der Waals surface area contributed by atoms with E-state index < -0.39 is 5.91 Å². The summed E-state index contributed by atoms with van der Waals surface area (Å²) in [5.74, 6) is 4.59. The number of nitrogens with two attached hydrogens (primary N) is 1. The fourth-order valence-electron chi connectivity index (χ4n) is 4.85. The van der Waals surface area contributed by atoms with Gasteiger partial charge in [-0.25, -0.2) is 5.84 Å². The second-order valence-electron chi connectivity index (χ2n) is 9.87. The van der Waals surface area contributed by atoms with Crippen LogP contribution in [0.5, 0.6) is 0 Å². The standard InChI is InChI=1S/C17H16ClN3O.C15H12Cl2N4O/c1-11-9-13(18)8-7-12(11)10-21-15-6-4-3-5-14(15)16(20-21)17(22)19-2;16-11-5-3-6-12(17)10(11)8-21-13-7-2-1-4-9(13)14(20-21)15(22)19-18/h3-9H,10H2,1-2H3,(H,19,22);1-7H,8,18H2,(H,19,22). The normalized spacial score (nSPS) is 10.9. The highest BCUT2D eigenvalue weighted by Gasteiger charge is 2.18. The van der Waals surface area contributed by atoms with Crippen LogP contribution in [0.15, 0.2) is 84.9 Å². The third kappa shape index (κ3) is 6.41. The molecule has 0 aliphatic heterocycles. The van der Waals surface area contributed by atoms with Crippen LogP contribution in [-0.2, 0) is 13.1 Å². The Labute approximate surface area is 268 Å². The Morgan fingerprint density at radius 1 is 0.750 bits per heavy atom. The highest BCUT2D eigenvalue weighted by molar-refractivity contribution is 6.36. The van der Waals surface area contributed by atoms with Crippen molar-refractivity contribution in [3.8, 4) is 0 Å². The topological polar surface area (TPSA) is 120 Å². The largest absolute Gasteiger partial charge is 0.354 e. The van der Waals surface area contributed by atoms with Gasteiger partial charge in [0.1, 0.15) is 0 Å². The number of nitrogens with one attached hydrogen (secondary N) is 2. The highest BCUT2D eigenvalue weighted by Crippen LogP contribution is 2.27. The average molecular weight is 649 g/mol. The van der Waals surface area contributed by atoms with Crippen molar-refractivity contribution in [2.75, 3.05) is 7.05 Å². The van der Waals surface area contributed by atoms with E-state index in [2.05, 4.69) is 20.9 Å². The van der Waals surface area contributed by atoms with E-state index >= 15 is 0 Å². The van der Waals surface area contributed by atoms with Crippen molar-refractivity contribution in [2.24, 2.45) is 5.84 Å². The average Bonchev–Trinajstić information content (AvgIpc) is 3.58. The minimum Gasteiger partial charge on any atom is -0.354 e. The van der Waals surface area contributed by atoms with Crippen molar-refractivity contribution in [3.05, 3.63) is 128 Å². The second-order valence-corrected chi connectivity index (χ2v) is 11.1. The van der Waals surface area contributed by atoms with Crippen LogP contribution in [0.1, 0.15) is 37.7 Å². The Kier molecular flexibility index (Phi) is 9.51. The maximum atomic E-state index is 12.0. The minimum atomic E-state index is -0.444. The van der Waals surface area contributed by atoms with Gasteiger partial charge < -0.3 is 5.32 Å². The summed E-state index contributed by atoms with van der Waals surface area (Å²) in [6.07, 6.45) is 0. The molecule has 12 heteroatoms. The third-order valence-corrected chi connectivity index (χ3v) is 8.04. The number of fused-ring (bicyclic) bond motifs is 2. The van der Waals surface area contributed by atoms with Crippen LogP contribution in [-0.4, -0.2) is 38.4 Å². The number of nitrogen functional groups attached to an aromatic ring is 1. The first-order valence-corrected chi connectivity index (χ1v) is 14.7. The molecule has 6 aromatic rings. The molecule has 0 aliphatic carbocycles. The molecule has 0 radical (unpaired) electrons. The molecule has 6 rings (SSSR count). The van der Waals surface area contributed by atoms with E-state index in [-0.39, 0.29) is 11.6 Å². The molecule has 0 atom stereocenters. The second kappa shape index (κ2) is 13.5. The molecule has 0 aliphatic rings. The number of para-hydroxylation sites is 2. The number of amides is 2. The Morgan fingerprint density at radius 3 is 1.84 bits per heavy atom. The van der Waals surface area contributed by atoms with Crippen LogP contribution in [0, 0.1) is 6.92 Å². The molecule has 2 heterocycles. The van der Waals surface area contributed by atoms with Gasteiger partial charge in [0.2, 0.25) is 0 Å². The predicted molar refractivity (Wildman–Crippen MR) is 175 cm³/mol. The molecule has 2 amide bonds. The van der Waals surface area contributed by atoms with Crippen molar-refractivity contribution in [1.82, 2.24) is 30.3 Å². The molecular weight excluding hydrogens is 621 g/mol. The van der Waals surface area contributed by atoms with Crippen LogP contribution in [0.25, 0.3) is 21.8 Å². The van der Waals surface area contributed by atoms with Gasteiger partial charge in [-0.2, -0.15) is 10.2 Å². The van der Waals surface area contributed by atoms with Crippen LogP contribution in [0.2, 0.25) is 15.1 Å². The van der Waals surface area contributed by atoms with Crippen LogP contribution < -0.4 is 16.6 Å². The van der Waals surface area contributed by atoms with E-state index in [4.69, 9.17) is 40.6 Å². The quantitative estimate of drug-likeness (QED) is 0.110. The van der Waals surface area contributed by atoms with Gasteiger partial charge in [0.25, 0.3) is 11.8 Å². The third-order valence-electron chi connectivity index (χ3n) is 7.10. The maximum Gasteiger partial charge on any atom is 0.286 e. The van der Waals surface area contributed by atoms with Crippen molar-refractivity contribution in [3.63, 3.8) is 0 Å². The van der Waals surface area contributed by atoms with Crippen LogP contribution in [0.3, 0.4) is 0 Å². The number of hydrogen-bond donors (Lipinski definition) is 3. The summed E-state index contributed by atoms with van der Waals surface area (Å²) in [5, 5.41) is 14.9. The lowest BCUT2D eigenvalue weighted by molar-refractivity contribution is 0.0945. The van der Waals surface area contributed by atoms with E-state index in [1.165, 1.54) is 0 Å². The first-order valence-electron chi connectivity index (χ1n) is 13.5. The molecule has 0 unspecified atom stereocenters. The van der Waals surface area contributed by atoms with Gasteiger partial charge in [-0.15, -0.1) is 0 Å². The molecular formula is C32H28Cl3N7O2. The number of nitrogens with zero attached hydrogens (tertiary/aromatic N) is 4. The lowest BCUT2D eigenvalue weighted by Crippen LogP contribution is -2.30. The highest BCUT2D eigenvalue weighted by atomic mass is 35.5. The predicted octanol–water partition coefficient (Wildman–Crippen LogP) is 6.40. The monoisotopic (exact) mass is 647 g/mol.